The fourth-order valence-electron chi connectivity index (χ4n) is 1.96. The zero-order valence-corrected chi connectivity index (χ0v) is 11.3. The van der Waals surface area contributed by atoms with E-state index in [1.165, 1.54) is 0 Å². The molecule has 0 spiro atoms. The highest BCUT2D eigenvalue weighted by atomic mass is 32.1. The summed E-state index contributed by atoms with van der Waals surface area (Å²) in [4.78, 5) is 17.3. The number of anilines is 1. The van der Waals surface area contributed by atoms with Crippen LogP contribution >= 0.6 is 11.3 Å². The minimum absolute atomic E-state index is 0.0164. The molecule has 0 saturated carbocycles. The van der Waals surface area contributed by atoms with E-state index in [0.717, 1.165) is 22.0 Å². The third-order valence-corrected chi connectivity index (χ3v) is 3.69. The number of carbonyl (C=O) groups is 1. The monoisotopic (exact) mass is 271 g/mol. The molecule has 0 atom stereocenters. The number of aromatic nitrogens is 2. The predicted octanol–water partition coefficient (Wildman–Crippen LogP) is 2.89. The Bertz CT molecular complexity index is 715. The highest BCUT2D eigenvalue weighted by molar-refractivity contribution is 7.15. The number of nitrogens with one attached hydrogen (secondary N) is 1. The van der Waals surface area contributed by atoms with Crippen LogP contribution in [0.25, 0.3) is 4.96 Å². The van der Waals surface area contributed by atoms with Gasteiger partial charge in [0.2, 0.25) is 5.91 Å². The van der Waals surface area contributed by atoms with E-state index >= 15 is 0 Å². The van der Waals surface area contributed by atoms with Gasteiger partial charge in [-0.3, -0.25) is 9.20 Å². The number of hydrogen-bond donors (Lipinski definition) is 1. The van der Waals surface area contributed by atoms with Crippen LogP contribution in [0.1, 0.15) is 11.4 Å². The van der Waals surface area contributed by atoms with Crippen molar-refractivity contribution >= 4 is 27.9 Å². The minimum atomic E-state index is -0.0164. The van der Waals surface area contributed by atoms with E-state index in [2.05, 4.69) is 10.3 Å². The maximum Gasteiger partial charge on any atom is 0.230 e. The first-order valence-electron chi connectivity index (χ1n) is 5.99. The molecule has 4 nitrogen and oxygen atoms in total. The number of imidazole rings is 1. The lowest BCUT2D eigenvalue weighted by Crippen LogP contribution is -2.15. The molecule has 3 rings (SSSR count). The molecule has 5 heteroatoms. The second kappa shape index (κ2) is 4.85. The summed E-state index contributed by atoms with van der Waals surface area (Å²) in [6.07, 6.45) is 2.31. The van der Waals surface area contributed by atoms with Crippen molar-refractivity contribution in [2.24, 2.45) is 0 Å². The van der Waals surface area contributed by atoms with Crippen molar-refractivity contribution in [2.45, 2.75) is 13.3 Å². The molecule has 0 unspecified atom stereocenters. The van der Waals surface area contributed by atoms with Gasteiger partial charge >= 0.3 is 0 Å². The molecule has 0 saturated heterocycles. The van der Waals surface area contributed by atoms with Gasteiger partial charge in [0.25, 0.3) is 0 Å². The van der Waals surface area contributed by atoms with Crippen molar-refractivity contribution in [1.82, 2.24) is 9.38 Å². The second-order valence-electron chi connectivity index (χ2n) is 4.35. The van der Waals surface area contributed by atoms with E-state index in [-0.39, 0.29) is 5.91 Å². The SMILES string of the molecule is Cc1cn2c(CC(=O)Nc3ccccc3)csc2n1. The highest BCUT2D eigenvalue weighted by Crippen LogP contribution is 2.17. The van der Waals surface area contributed by atoms with Crippen molar-refractivity contribution in [2.75, 3.05) is 5.32 Å². The lowest BCUT2D eigenvalue weighted by molar-refractivity contribution is -0.115. The molecule has 0 fully saturated rings. The van der Waals surface area contributed by atoms with Crippen LogP contribution in [0.5, 0.6) is 0 Å². The van der Waals surface area contributed by atoms with Crippen molar-refractivity contribution in [3.8, 4) is 0 Å². The number of fused-ring (bicyclic) bond motifs is 1. The van der Waals surface area contributed by atoms with Crippen molar-refractivity contribution in [1.29, 1.82) is 0 Å². The van der Waals surface area contributed by atoms with E-state index in [0.29, 0.717) is 6.42 Å². The Kier molecular flexibility index (Phi) is 3.05. The maximum atomic E-state index is 12.0. The van der Waals surface area contributed by atoms with E-state index < -0.39 is 0 Å². The number of benzene rings is 1. The number of thiazole rings is 1. The molecule has 0 aliphatic rings. The van der Waals surface area contributed by atoms with Crippen LogP contribution in [0.4, 0.5) is 5.69 Å². The molecule has 1 N–H and O–H groups in total. The lowest BCUT2D eigenvalue weighted by atomic mass is 10.3. The van der Waals surface area contributed by atoms with Gasteiger partial charge < -0.3 is 5.32 Å². The van der Waals surface area contributed by atoms with Crippen LogP contribution in [0.3, 0.4) is 0 Å². The normalized spacial score (nSPS) is 10.8. The van der Waals surface area contributed by atoms with Crippen molar-refractivity contribution in [3.63, 3.8) is 0 Å². The average molecular weight is 271 g/mol. The molecule has 1 amide bonds. The molecule has 3 aromatic rings. The smallest absolute Gasteiger partial charge is 0.230 e. The summed E-state index contributed by atoms with van der Waals surface area (Å²) in [5, 5.41) is 4.86. The number of hydrogen-bond acceptors (Lipinski definition) is 3. The van der Waals surface area contributed by atoms with Gasteiger partial charge in [0.15, 0.2) is 4.96 Å². The molecule has 96 valence electrons. The van der Waals surface area contributed by atoms with Crippen molar-refractivity contribution < 1.29 is 4.79 Å². The predicted molar refractivity (Wildman–Crippen MR) is 76.6 cm³/mol. The van der Waals surface area contributed by atoms with Gasteiger partial charge in [-0.05, 0) is 19.1 Å². The summed E-state index contributed by atoms with van der Waals surface area (Å²) in [5.41, 5.74) is 2.76. The number of amides is 1. The molecule has 1 aromatic carbocycles. The standard InChI is InChI=1S/C14H13N3OS/c1-10-8-17-12(9-19-14(17)15-10)7-13(18)16-11-5-3-2-4-6-11/h2-6,8-9H,7H2,1H3,(H,16,18). The molecule has 2 heterocycles. The zero-order chi connectivity index (χ0) is 13.2. The Morgan fingerprint density at radius 2 is 2.16 bits per heavy atom. The summed E-state index contributed by atoms with van der Waals surface area (Å²) in [6, 6.07) is 9.48. The lowest BCUT2D eigenvalue weighted by Gasteiger charge is -2.04. The molecule has 19 heavy (non-hydrogen) atoms. The summed E-state index contributed by atoms with van der Waals surface area (Å²) < 4.78 is 1.98. The Labute approximate surface area is 114 Å². The van der Waals surface area contributed by atoms with Gasteiger partial charge in [0.05, 0.1) is 12.1 Å². The molecule has 0 aliphatic heterocycles. The van der Waals surface area contributed by atoms with Crippen LogP contribution in [0.15, 0.2) is 41.9 Å². The molecular formula is C14H13N3OS. The van der Waals surface area contributed by atoms with E-state index in [1.54, 1.807) is 11.3 Å². The largest absolute Gasteiger partial charge is 0.326 e. The van der Waals surface area contributed by atoms with Gasteiger partial charge in [-0.2, -0.15) is 0 Å². The number of carbonyl (C=O) groups excluding carboxylic acids is 1. The number of para-hydroxylation sites is 1. The maximum absolute atomic E-state index is 12.0. The summed E-state index contributed by atoms with van der Waals surface area (Å²) >= 11 is 1.55. The van der Waals surface area contributed by atoms with Gasteiger partial charge in [0.1, 0.15) is 0 Å². The van der Waals surface area contributed by atoms with E-state index in [9.17, 15) is 4.79 Å². The van der Waals surface area contributed by atoms with Crippen LogP contribution in [0, 0.1) is 6.92 Å². The molecule has 2 aromatic heterocycles. The zero-order valence-electron chi connectivity index (χ0n) is 10.5. The number of rotatable bonds is 3. The first-order valence-corrected chi connectivity index (χ1v) is 6.87. The second-order valence-corrected chi connectivity index (χ2v) is 5.19. The van der Waals surface area contributed by atoms with Crippen LogP contribution < -0.4 is 5.32 Å². The number of aryl methyl sites for hydroxylation is 1. The molecule has 0 aliphatic carbocycles. The quantitative estimate of drug-likeness (QED) is 0.796. The molecular weight excluding hydrogens is 258 g/mol. The topological polar surface area (TPSA) is 46.4 Å². The Morgan fingerprint density at radius 1 is 1.37 bits per heavy atom. The van der Waals surface area contributed by atoms with Gasteiger partial charge in [0, 0.05) is 23.0 Å². The Hall–Kier alpha value is -2.14. The fraction of sp³-hybridized carbons (Fsp3) is 0.143. The Balaban J connectivity index is 1.76. The molecule has 0 bridgehead atoms. The summed E-state index contributed by atoms with van der Waals surface area (Å²) in [7, 11) is 0. The summed E-state index contributed by atoms with van der Waals surface area (Å²) in [6.45, 7) is 1.95. The third-order valence-electron chi connectivity index (χ3n) is 2.80. The van der Waals surface area contributed by atoms with Crippen LogP contribution in [-0.2, 0) is 11.2 Å². The van der Waals surface area contributed by atoms with Crippen molar-refractivity contribution in [3.05, 3.63) is 53.3 Å². The minimum Gasteiger partial charge on any atom is -0.326 e. The van der Waals surface area contributed by atoms with Gasteiger partial charge in [-0.15, -0.1) is 11.3 Å². The first-order chi connectivity index (χ1) is 9.22. The third kappa shape index (κ3) is 2.51. The van der Waals surface area contributed by atoms with Crippen LogP contribution in [0.2, 0.25) is 0 Å². The van der Waals surface area contributed by atoms with Gasteiger partial charge in [-0.25, -0.2) is 4.98 Å². The fourth-order valence-corrected chi connectivity index (χ4v) is 2.88. The van der Waals surface area contributed by atoms with E-state index in [1.807, 2.05) is 53.2 Å². The molecule has 0 radical (unpaired) electrons. The average Bonchev–Trinajstić information content (AvgIpc) is 2.91. The van der Waals surface area contributed by atoms with Crippen LogP contribution in [-0.4, -0.2) is 15.3 Å². The summed E-state index contributed by atoms with van der Waals surface area (Å²) in [5.74, 6) is -0.0164. The Morgan fingerprint density at radius 3 is 2.95 bits per heavy atom. The van der Waals surface area contributed by atoms with E-state index in [4.69, 9.17) is 0 Å². The highest BCUT2D eigenvalue weighted by Gasteiger charge is 2.10. The number of nitrogens with zero attached hydrogens (tertiary/aromatic N) is 2. The van der Waals surface area contributed by atoms with Gasteiger partial charge in [-0.1, -0.05) is 18.2 Å². The first kappa shape index (κ1) is 11.9.